The Kier molecular flexibility index (Phi) is 2.51. The number of hydrogen-bond acceptors (Lipinski definition) is 3. The van der Waals surface area contributed by atoms with Gasteiger partial charge in [0.25, 0.3) is 0 Å². The molecule has 1 aliphatic rings. The molecule has 0 aromatic heterocycles. The van der Waals surface area contributed by atoms with Crippen molar-refractivity contribution in [3.05, 3.63) is 23.8 Å². The van der Waals surface area contributed by atoms with Gasteiger partial charge in [0.15, 0.2) is 0 Å². The van der Waals surface area contributed by atoms with Crippen LogP contribution in [-0.4, -0.2) is 14.2 Å². The molecule has 16 heavy (non-hydrogen) atoms. The standard InChI is InChI=1S/C13H15NO2/c1-13(7-9(13)8-14)11-6-10(15-2)4-5-12(11)16-3/h4-6,9H,7H2,1-3H3. The number of hydrogen-bond donors (Lipinski definition) is 0. The van der Waals surface area contributed by atoms with E-state index in [1.807, 2.05) is 18.2 Å². The normalized spacial score (nSPS) is 27.0. The first-order chi connectivity index (χ1) is 7.65. The van der Waals surface area contributed by atoms with E-state index in [2.05, 4.69) is 13.0 Å². The second-order valence-corrected chi connectivity index (χ2v) is 4.37. The van der Waals surface area contributed by atoms with Gasteiger partial charge < -0.3 is 9.47 Å². The second kappa shape index (κ2) is 3.71. The highest BCUT2D eigenvalue weighted by Gasteiger charge is 2.53. The average molecular weight is 217 g/mol. The molecule has 0 heterocycles. The van der Waals surface area contributed by atoms with Gasteiger partial charge in [0, 0.05) is 11.0 Å². The molecule has 2 rings (SSSR count). The van der Waals surface area contributed by atoms with Crippen molar-refractivity contribution in [3.8, 4) is 17.6 Å². The second-order valence-electron chi connectivity index (χ2n) is 4.37. The van der Waals surface area contributed by atoms with Crippen LogP contribution < -0.4 is 9.47 Å². The van der Waals surface area contributed by atoms with Crippen molar-refractivity contribution in [1.29, 1.82) is 5.26 Å². The number of nitriles is 1. The summed E-state index contributed by atoms with van der Waals surface area (Å²) in [5.74, 6) is 1.73. The van der Waals surface area contributed by atoms with E-state index < -0.39 is 0 Å². The van der Waals surface area contributed by atoms with Crippen molar-refractivity contribution in [2.24, 2.45) is 5.92 Å². The monoisotopic (exact) mass is 217 g/mol. The molecule has 2 unspecified atom stereocenters. The highest BCUT2D eigenvalue weighted by Crippen LogP contribution is 2.56. The maximum atomic E-state index is 8.97. The first-order valence-electron chi connectivity index (χ1n) is 5.28. The summed E-state index contributed by atoms with van der Waals surface area (Å²) in [6.45, 7) is 2.10. The van der Waals surface area contributed by atoms with E-state index in [0.717, 1.165) is 23.5 Å². The quantitative estimate of drug-likeness (QED) is 0.781. The Balaban J connectivity index is 2.43. The summed E-state index contributed by atoms with van der Waals surface area (Å²) in [6.07, 6.45) is 0.896. The molecule has 0 bridgehead atoms. The zero-order valence-corrected chi connectivity index (χ0v) is 9.78. The van der Waals surface area contributed by atoms with Crippen LogP contribution in [0.5, 0.6) is 11.5 Å². The molecule has 84 valence electrons. The van der Waals surface area contributed by atoms with E-state index in [1.165, 1.54) is 0 Å². The molecular weight excluding hydrogens is 202 g/mol. The molecular formula is C13H15NO2. The molecule has 0 spiro atoms. The molecule has 3 nitrogen and oxygen atoms in total. The van der Waals surface area contributed by atoms with Crippen LogP contribution in [0.1, 0.15) is 18.9 Å². The average Bonchev–Trinajstić information content (AvgIpc) is 3.01. The first-order valence-corrected chi connectivity index (χ1v) is 5.28. The SMILES string of the molecule is COc1ccc(OC)c(C2(C)CC2C#N)c1. The van der Waals surface area contributed by atoms with Crippen molar-refractivity contribution < 1.29 is 9.47 Å². The van der Waals surface area contributed by atoms with Gasteiger partial charge in [-0.2, -0.15) is 5.26 Å². The number of methoxy groups -OCH3 is 2. The number of rotatable bonds is 3. The van der Waals surface area contributed by atoms with Gasteiger partial charge >= 0.3 is 0 Å². The number of ether oxygens (including phenoxy) is 2. The summed E-state index contributed by atoms with van der Waals surface area (Å²) in [6, 6.07) is 8.05. The lowest BCUT2D eigenvalue weighted by atomic mass is 9.94. The Hall–Kier alpha value is -1.69. The van der Waals surface area contributed by atoms with E-state index in [1.54, 1.807) is 14.2 Å². The Morgan fingerprint density at radius 2 is 2.12 bits per heavy atom. The molecule has 0 saturated heterocycles. The van der Waals surface area contributed by atoms with Gasteiger partial charge in [-0.15, -0.1) is 0 Å². The predicted octanol–water partition coefficient (Wildman–Crippen LogP) is 2.50. The van der Waals surface area contributed by atoms with Crippen LogP contribution >= 0.6 is 0 Å². The molecule has 0 amide bonds. The van der Waals surface area contributed by atoms with Crippen LogP contribution in [0.25, 0.3) is 0 Å². The van der Waals surface area contributed by atoms with E-state index in [4.69, 9.17) is 14.7 Å². The molecule has 1 aromatic rings. The maximum Gasteiger partial charge on any atom is 0.122 e. The van der Waals surface area contributed by atoms with Gasteiger partial charge in [-0.25, -0.2) is 0 Å². The minimum Gasteiger partial charge on any atom is -0.497 e. The summed E-state index contributed by atoms with van der Waals surface area (Å²) in [5, 5.41) is 8.97. The van der Waals surface area contributed by atoms with Crippen LogP contribution in [0.3, 0.4) is 0 Å². The molecule has 1 saturated carbocycles. The van der Waals surface area contributed by atoms with Crippen molar-refractivity contribution in [1.82, 2.24) is 0 Å². The molecule has 0 aliphatic heterocycles. The van der Waals surface area contributed by atoms with E-state index >= 15 is 0 Å². The fourth-order valence-electron chi connectivity index (χ4n) is 2.11. The van der Waals surface area contributed by atoms with E-state index in [9.17, 15) is 0 Å². The fraction of sp³-hybridized carbons (Fsp3) is 0.462. The summed E-state index contributed by atoms with van der Waals surface area (Å²) < 4.78 is 10.5. The van der Waals surface area contributed by atoms with Gasteiger partial charge in [-0.05, 0) is 24.6 Å². The smallest absolute Gasteiger partial charge is 0.122 e. The van der Waals surface area contributed by atoms with Crippen molar-refractivity contribution in [2.75, 3.05) is 14.2 Å². The summed E-state index contributed by atoms with van der Waals surface area (Å²) in [4.78, 5) is 0. The molecule has 1 fully saturated rings. The number of benzene rings is 1. The van der Waals surface area contributed by atoms with Crippen LogP contribution in [0.15, 0.2) is 18.2 Å². The maximum absolute atomic E-state index is 8.97. The van der Waals surface area contributed by atoms with Gasteiger partial charge in [0.1, 0.15) is 11.5 Å². The van der Waals surface area contributed by atoms with Crippen LogP contribution in [0, 0.1) is 17.2 Å². The Morgan fingerprint density at radius 3 is 2.62 bits per heavy atom. The van der Waals surface area contributed by atoms with Crippen LogP contribution in [0.4, 0.5) is 0 Å². The third kappa shape index (κ3) is 1.51. The predicted molar refractivity (Wildman–Crippen MR) is 60.6 cm³/mol. The van der Waals surface area contributed by atoms with Crippen molar-refractivity contribution >= 4 is 0 Å². The lowest BCUT2D eigenvalue weighted by Gasteiger charge is -2.15. The van der Waals surface area contributed by atoms with Gasteiger partial charge in [0.05, 0.1) is 26.2 Å². The fourth-order valence-corrected chi connectivity index (χ4v) is 2.11. The summed E-state index contributed by atoms with van der Waals surface area (Å²) >= 11 is 0. The van der Waals surface area contributed by atoms with E-state index in [0.29, 0.717) is 0 Å². The Morgan fingerprint density at radius 1 is 1.38 bits per heavy atom. The van der Waals surface area contributed by atoms with Crippen LogP contribution in [-0.2, 0) is 5.41 Å². The molecule has 2 atom stereocenters. The molecule has 0 radical (unpaired) electrons. The molecule has 1 aliphatic carbocycles. The van der Waals surface area contributed by atoms with E-state index in [-0.39, 0.29) is 11.3 Å². The summed E-state index contributed by atoms with van der Waals surface area (Å²) in [5.41, 5.74) is 0.996. The molecule has 0 N–H and O–H groups in total. The highest BCUT2D eigenvalue weighted by atomic mass is 16.5. The van der Waals surface area contributed by atoms with Gasteiger partial charge in [-0.1, -0.05) is 6.92 Å². The first kappa shape index (κ1) is 10.8. The highest BCUT2D eigenvalue weighted by molar-refractivity contribution is 5.49. The third-order valence-corrected chi connectivity index (χ3v) is 3.41. The number of nitrogens with zero attached hydrogens (tertiary/aromatic N) is 1. The van der Waals surface area contributed by atoms with Crippen LogP contribution in [0.2, 0.25) is 0 Å². The molecule has 1 aromatic carbocycles. The minimum atomic E-state index is -0.0748. The summed E-state index contributed by atoms with van der Waals surface area (Å²) in [7, 11) is 3.29. The topological polar surface area (TPSA) is 42.2 Å². The third-order valence-electron chi connectivity index (χ3n) is 3.41. The lowest BCUT2D eigenvalue weighted by Crippen LogP contribution is -2.06. The van der Waals surface area contributed by atoms with Gasteiger partial charge in [0.2, 0.25) is 0 Å². The van der Waals surface area contributed by atoms with Crippen molar-refractivity contribution in [3.63, 3.8) is 0 Å². The Labute approximate surface area is 95.6 Å². The van der Waals surface area contributed by atoms with Crippen molar-refractivity contribution in [2.45, 2.75) is 18.8 Å². The Bertz CT molecular complexity index is 450. The van der Waals surface area contributed by atoms with Gasteiger partial charge in [-0.3, -0.25) is 0 Å². The zero-order chi connectivity index (χ0) is 11.8. The minimum absolute atomic E-state index is 0.0748. The zero-order valence-electron chi connectivity index (χ0n) is 9.78. The largest absolute Gasteiger partial charge is 0.497 e. The lowest BCUT2D eigenvalue weighted by molar-refractivity contribution is 0.394. The molecule has 3 heteroatoms.